The van der Waals surface area contributed by atoms with Crippen LogP contribution in [0.5, 0.6) is 0 Å². The van der Waals surface area contributed by atoms with Crippen LogP contribution in [0.4, 0.5) is 4.39 Å². The summed E-state index contributed by atoms with van der Waals surface area (Å²) in [7, 11) is 0. The number of benzene rings is 1. The molecule has 1 aliphatic heterocycles. The quantitative estimate of drug-likeness (QED) is 0.930. The Hall–Kier alpha value is -2.34. The fourth-order valence-corrected chi connectivity index (χ4v) is 3.13. The molecule has 1 aliphatic rings. The summed E-state index contributed by atoms with van der Waals surface area (Å²) in [6.07, 6.45) is 6.02. The maximum absolute atomic E-state index is 13.9. The Labute approximate surface area is 128 Å². The van der Waals surface area contributed by atoms with Crippen molar-refractivity contribution in [3.05, 3.63) is 59.9 Å². The summed E-state index contributed by atoms with van der Waals surface area (Å²) in [5.41, 5.74) is 5.75. The van der Waals surface area contributed by atoms with Gasteiger partial charge in [-0.05, 0) is 25.5 Å². The Balaban J connectivity index is 1.99. The highest BCUT2D eigenvalue weighted by Crippen LogP contribution is 2.38. The Morgan fingerprint density at radius 3 is 2.86 bits per heavy atom. The maximum Gasteiger partial charge on any atom is 0.244 e. The Morgan fingerprint density at radius 1 is 1.36 bits per heavy atom. The van der Waals surface area contributed by atoms with E-state index in [0.717, 1.165) is 6.42 Å². The van der Waals surface area contributed by atoms with Crippen LogP contribution in [0, 0.1) is 5.82 Å². The van der Waals surface area contributed by atoms with Crippen LogP contribution < -0.4 is 5.73 Å². The molecule has 1 fully saturated rings. The Morgan fingerprint density at radius 2 is 2.18 bits per heavy atom. The highest BCUT2D eigenvalue weighted by atomic mass is 19.1. The van der Waals surface area contributed by atoms with Crippen molar-refractivity contribution >= 4 is 5.91 Å². The standard InChI is InChI=1S/C16H17FN4O/c17-13-5-2-1-4-12(13)11-21-9-3-6-16(21,15(18)22)14-10-19-7-8-20-14/h1-2,4-5,7-8,10H,3,6,9,11H2,(H2,18,22)/t16-/m0/s1. The van der Waals surface area contributed by atoms with Crippen molar-refractivity contribution in [2.24, 2.45) is 5.73 Å². The molecule has 22 heavy (non-hydrogen) atoms. The van der Waals surface area contributed by atoms with Crippen LogP contribution >= 0.6 is 0 Å². The van der Waals surface area contributed by atoms with Crippen LogP contribution in [0.15, 0.2) is 42.9 Å². The van der Waals surface area contributed by atoms with Crippen molar-refractivity contribution in [3.63, 3.8) is 0 Å². The largest absolute Gasteiger partial charge is 0.368 e. The van der Waals surface area contributed by atoms with E-state index in [9.17, 15) is 9.18 Å². The van der Waals surface area contributed by atoms with E-state index in [0.29, 0.717) is 30.8 Å². The van der Waals surface area contributed by atoms with Gasteiger partial charge in [0.1, 0.15) is 11.4 Å². The van der Waals surface area contributed by atoms with Gasteiger partial charge in [0.05, 0.1) is 11.9 Å². The zero-order valence-corrected chi connectivity index (χ0v) is 12.1. The first kappa shape index (κ1) is 14.6. The zero-order chi connectivity index (χ0) is 15.6. The van der Waals surface area contributed by atoms with Gasteiger partial charge in [-0.2, -0.15) is 0 Å². The van der Waals surface area contributed by atoms with Crippen LogP contribution in [-0.2, 0) is 16.9 Å². The van der Waals surface area contributed by atoms with Crippen molar-refractivity contribution in [1.82, 2.24) is 14.9 Å². The number of hydrogen-bond acceptors (Lipinski definition) is 4. The number of halogens is 1. The van der Waals surface area contributed by atoms with Crippen molar-refractivity contribution in [1.29, 1.82) is 0 Å². The summed E-state index contributed by atoms with van der Waals surface area (Å²) < 4.78 is 13.9. The van der Waals surface area contributed by atoms with Crippen molar-refractivity contribution in [2.75, 3.05) is 6.54 Å². The zero-order valence-electron chi connectivity index (χ0n) is 12.1. The lowest BCUT2D eigenvalue weighted by atomic mass is 9.91. The van der Waals surface area contributed by atoms with Crippen molar-refractivity contribution in [3.8, 4) is 0 Å². The molecule has 0 spiro atoms. The van der Waals surface area contributed by atoms with E-state index in [1.54, 1.807) is 36.8 Å². The normalized spacial score (nSPS) is 21.9. The second-order valence-electron chi connectivity index (χ2n) is 5.43. The molecule has 2 aromatic rings. The van der Waals surface area contributed by atoms with Gasteiger partial charge in [-0.25, -0.2) is 4.39 Å². The Kier molecular flexibility index (Phi) is 3.85. The van der Waals surface area contributed by atoms with Gasteiger partial charge < -0.3 is 5.73 Å². The number of carbonyl (C=O) groups excluding carboxylic acids is 1. The van der Waals surface area contributed by atoms with Gasteiger partial charge in [0.2, 0.25) is 5.91 Å². The smallest absolute Gasteiger partial charge is 0.244 e. The van der Waals surface area contributed by atoms with E-state index in [-0.39, 0.29) is 5.82 Å². The number of primary amides is 1. The predicted molar refractivity (Wildman–Crippen MR) is 78.9 cm³/mol. The molecule has 5 nitrogen and oxygen atoms in total. The Bertz CT molecular complexity index is 679. The topological polar surface area (TPSA) is 72.1 Å². The molecule has 2 heterocycles. The molecule has 1 atom stereocenters. The molecule has 0 saturated carbocycles. The first-order valence-electron chi connectivity index (χ1n) is 7.19. The van der Waals surface area contributed by atoms with Gasteiger partial charge in [0, 0.05) is 24.5 Å². The van der Waals surface area contributed by atoms with E-state index in [4.69, 9.17) is 5.73 Å². The first-order valence-corrected chi connectivity index (χ1v) is 7.19. The third kappa shape index (κ3) is 2.35. The van der Waals surface area contributed by atoms with Crippen LogP contribution in [-0.4, -0.2) is 27.3 Å². The number of amides is 1. The fraction of sp³-hybridized carbons (Fsp3) is 0.312. The summed E-state index contributed by atoms with van der Waals surface area (Å²) in [4.78, 5) is 22.4. The molecule has 6 heteroatoms. The minimum absolute atomic E-state index is 0.285. The predicted octanol–water partition coefficient (Wildman–Crippen LogP) is 1.59. The lowest BCUT2D eigenvalue weighted by Gasteiger charge is -2.35. The number of likely N-dealkylation sites (tertiary alicyclic amines) is 1. The molecule has 0 aliphatic carbocycles. The molecule has 0 radical (unpaired) electrons. The van der Waals surface area contributed by atoms with Crippen LogP contribution in [0.1, 0.15) is 24.1 Å². The van der Waals surface area contributed by atoms with E-state index >= 15 is 0 Å². The third-order valence-electron chi connectivity index (χ3n) is 4.22. The van der Waals surface area contributed by atoms with Crippen LogP contribution in [0.3, 0.4) is 0 Å². The maximum atomic E-state index is 13.9. The van der Waals surface area contributed by atoms with Crippen molar-refractivity contribution < 1.29 is 9.18 Å². The molecule has 1 saturated heterocycles. The molecular formula is C16H17FN4O. The van der Waals surface area contributed by atoms with Gasteiger partial charge >= 0.3 is 0 Å². The van der Waals surface area contributed by atoms with Gasteiger partial charge in [-0.3, -0.25) is 19.7 Å². The first-order chi connectivity index (χ1) is 10.6. The molecule has 1 aromatic heterocycles. The average Bonchev–Trinajstić information content (AvgIpc) is 2.95. The number of nitrogens with two attached hydrogens (primary N) is 1. The summed E-state index contributed by atoms with van der Waals surface area (Å²) in [5, 5.41) is 0. The number of aromatic nitrogens is 2. The average molecular weight is 300 g/mol. The lowest BCUT2D eigenvalue weighted by molar-refractivity contribution is -0.129. The molecule has 114 valence electrons. The minimum Gasteiger partial charge on any atom is -0.368 e. The lowest BCUT2D eigenvalue weighted by Crippen LogP contribution is -2.51. The second-order valence-corrected chi connectivity index (χ2v) is 5.43. The molecule has 2 N–H and O–H groups in total. The second kappa shape index (κ2) is 5.81. The SMILES string of the molecule is NC(=O)[C@@]1(c2cnccn2)CCCN1Cc1ccccc1F. The van der Waals surface area contributed by atoms with E-state index in [1.165, 1.54) is 6.07 Å². The number of hydrogen-bond donors (Lipinski definition) is 1. The van der Waals surface area contributed by atoms with E-state index < -0.39 is 11.4 Å². The molecule has 0 bridgehead atoms. The number of carbonyl (C=O) groups is 1. The molecule has 3 rings (SSSR count). The molecular weight excluding hydrogens is 283 g/mol. The van der Waals surface area contributed by atoms with Crippen LogP contribution in [0.2, 0.25) is 0 Å². The summed E-state index contributed by atoms with van der Waals surface area (Å²) in [6, 6.07) is 6.56. The summed E-state index contributed by atoms with van der Waals surface area (Å²) in [5.74, 6) is -0.756. The highest BCUT2D eigenvalue weighted by Gasteiger charge is 2.49. The van der Waals surface area contributed by atoms with Gasteiger partial charge in [0.15, 0.2) is 0 Å². The van der Waals surface area contributed by atoms with E-state index in [1.807, 2.05) is 4.90 Å². The monoisotopic (exact) mass is 300 g/mol. The number of nitrogens with zero attached hydrogens (tertiary/aromatic N) is 3. The number of rotatable bonds is 4. The fourth-order valence-electron chi connectivity index (χ4n) is 3.13. The van der Waals surface area contributed by atoms with Gasteiger partial charge in [-0.1, -0.05) is 18.2 Å². The van der Waals surface area contributed by atoms with Gasteiger partial charge in [-0.15, -0.1) is 0 Å². The summed E-state index contributed by atoms with van der Waals surface area (Å²) >= 11 is 0. The van der Waals surface area contributed by atoms with Gasteiger partial charge in [0.25, 0.3) is 0 Å². The minimum atomic E-state index is -1.02. The third-order valence-corrected chi connectivity index (χ3v) is 4.22. The van der Waals surface area contributed by atoms with Crippen LogP contribution in [0.25, 0.3) is 0 Å². The molecule has 1 aromatic carbocycles. The summed E-state index contributed by atoms with van der Waals surface area (Å²) in [6.45, 7) is 0.972. The van der Waals surface area contributed by atoms with E-state index in [2.05, 4.69) is 9.97 Å². The molecule has 1 amide bonds. The molecule has 0 unspecified atom stereocenters. The highest BCUT2D eigenvalue weighted by molar-refractivity contribution is 5.86. The van der Waals surface area contributed by atoms with Crippen molar-refractivity contribution in [2.45, 2.75) is 24.9 Å².